The fourth-order valence-corrected chi connectivity index (χ4v) is 1.37. The molecule has 1 rings (SSSR count). The van der Waals surface area contributed by atoms with Gasteiger partial charge in [0.15, 0.2) is 0 Å². The molecule has 0 atom stereocenters. The molecule has 0 aliphatic rings. The van der Waals surface area contributed by atoms with Crippen molar-refractivity contribution in [3.63, 3.8) is 0 Å². The van der Waals surface area contributed by atoms with Crippen molar-refractivity contribution in [3.05, 3.63) is 29.8 Å². The summed E-state index contributed by atoms with van der Waals surface area (Å²) >= 11 is 0. The Balaban J connectivity index is 2.29. The molecular formula is C15H20O3. The number of hydrogen-bond acceptors (Lipinski definition) is 3. The third kappa shape index (κ3) is 6.29. The van der Waals surface area contributed by atoms with Crippen molar-refractivity contribution in [2.24, 2.45) is 0 Å². The zero-order valence-corrected chi connectivity index (χ0v) is 10.8. The Kier molecular flexibility index (Phi) is 7.70. The smallest absolute Gasteiger partial charge is 0.120 e. The molecule has 0 aliphatic carbocycles. The van der Waals surface area contributed by atoms with Gasteiger partial charge < -0.3 is 14.6 Å². The van der Waals surface area contributed by atoms with Crippen molar-refractivity contribution in [1.82, 2.24) is 0 Å². The fraction of sp³-hybridized carbons (Fsp3) is 0.467. The van der Waals surface area contributed by atoms with Crippen molar-refractivity contribution >= 4 is 0 Å². The average Bonchev–Trinajstić information content (AvgIpc) is 2.41. The molecule has 0 heterocycles. The second kappa shape index (κ2) is 9.52. The van der Waals surface area contributed by atoms with E-state index in [-0.39, 0.29) is 6.61 Å². The third-order valence-corrected chi connectivity index (χ3v) is 2.28. The quantitative estimate of drug-likeness (QED) is 0.594. The van der Waals surface area contributed by atoms with Crippen LogP contribution in [-0.2, 0) is 4.74 Å². The molecule has 0 fully saturated rings. The minimum Gasteiger partial charge on any atom is -0.491 e. The maximum absolute atomic E-state index is 8.62. The second-order valence-corrected chi connectivity index (χ2v) is 3.80. The van der Waals surface area contributed by atoms with E-state index in [9.17, 15) is 0 Å². The van der Waals surface area contributed by atoms with Gasteiger partial charge in [-0.25, -0.2) is 0 Å². The minimum atomic E-state index is -0.129. The third-order valence-electron chi connectivity index (χ3n) is 2.28. The Morgan fingerprint density at radius 2 is 2.11 bits per heavy atom. The number of rotatable bonds is 7. The lowest BCUT2D eigenvalue weighted by atomic mass is 10.2. The van der Waals surface area contributed by atoms with E-state index in [4.69, 9.17) is 14.6 Å². The molecule has 0 amide bonds. The van der Waals surface area contributed by atoms with Crippen LogP contribution in [0.5, 0.6) is 5.75 Å². The number of hydrogen-bond donors (Lipinski definition) is 1. The minimum absolute atomic E-state index is 0.129. The molecule has 3 heteroatoms. The monoisotopic (exact) mass is 248 g/mol. The highest BCUT2D eigenvalue weighted by atomic mass is 16.5. The summed E-state index contributed by atoms with van der Waals surface area (Å²) < 4.78 is 11.0. The lowest BCUT2D eigenvalue weighted by Crippen LogP contribution is -2.07. The van der Waals surface area contributed by atoms with Gasteiger partial charge >= 0.3 is 0 Å². The van der Waals surface area contributed by atoms with Gasteiger partial charge in [0.25, 0.3) is 0 Å². The molecule has 0 unspecified atom stereocenters. The van der Waals surface area contributed by atoms with Gasteiger partial charge in [0.1, 0.15) is 19.0 Å². The molecule has 0 saturated heterocycles. The summed E-state index contributed by atoms with van der Waals surface area (Å²) in [5.41, 5.74) is 0.841. The number of benzene rings is 1. The van der Waals surface area contributed by atoms with Gasteiger partial charge in [-0.15, -0.1) is 0 Å². The molecule has 0 spiro atoms. The highest BCUT2D eigenvalue weighted by molar-refractivity contribution is 5.39. The average molecular weight is 248 g/mol. The van der Waals surface area contributed by atoms with Gasteiger partial charge in [-0.1, -0.05) is 31.3 Å². The van der Waals surface area contributed by atoms with E-state index in [1.165, 1.54) is 0 Å². The van der Waals surface area contributed by atoms with Crippen LogP contribution in [-0.4, -0.2) is 31.5 Å². The largest absolute Gasteiger partial charge is 0.491 e. The number of unbranched alkanes of at least 4 members (excludes halogenated alkanes) is 1. The van der Waals surface area contributed by atoms with Gasteiger partial charge in [0.05, 0.1) is 6.61 Å². The molecule has 1 N–H and O–H groups in total. The van der Waals surface area contributed by atoms with Crippen LogP contribution >= 0.6 is 0 Å². The Labute approximate surface area is 109 Å². The number of aliphatic hydroxyl groups excluding tert-OH is 1. The van der Waals surface area contributed by atoms with Gasteiger partial charge in [-0.3, -0.25) is 0 Å². The Morgan fingerprint density at radius 1 is 1.22 bits per heavy atom. The zero-order valence-electron chi connectivity index (χ0n) is 10.8. The van der Waals surface area contributed by atoms with E-state index in [1.807, 2.05) is 24.3 Å². The van der Waals surface area contributed by atoms with Crippen molar-refractivity contribution in [2.45, 2.75) is 19.8 Å². The lowest BCUT2D eigenvalue weighted by Gasteiger charge is -2.07. The highest BCUT2D eigenvalue weighted by Crippen LogP contribution is 2.12. The Hall–Kier alpha value is -1.50. The Bertz CT molecular complexity index is 390. The van der Waals surface area contributed by atoms with E-state index in [0.29, 0.717) is 13.2 Å². The van der Waals surface area contributed by atoms with Crippen LogP contribution in [0.4, 0.5) is 0 Å². The first-order chi connectivity index (χ1) is 8.86. The van der Waals surface area contributed by atoms with Crippen molar-refractivity contribution < 1.29 is 14.6 Å². The summed E-state index contributed by atoms with van der Waals surface area (Å²) in [6, 6.07) is 7.51. The van der Waals surface area contributed by atoms with Crippen LogP contribution in [0.25, 0.3) is 0 Å². The number of aliphatic hydroxyl groups is 1. The molecule has 3 nitrogen and oxygen atoms in total. The van der Waals surface area contributed by atoms with E-state index in [2.05, 4.69) is 18.8 Å². The summed E-state index contributed by atoms with van der Waals surface area (Å²) in [6.45, 7) is 3.95. The van der Waals surface area contributed by atoms with Crippen LogP contribution in [0.3, 0.4) is 0 Å². The standard InChI is InChI=1S/C15H20O3/c1-2-3-10-17-11-12-18-15-8-4-6-14(13-15)7-5-9-16/h4,6,8,13,16H,2-3,9-12H2,1H3. The zero-order chi connectivity index (χ0) is 13.1. The van der Waals surface area contributed by atoms with E-state index in [1.54, 1.807) is 0 Å². The normalized spacial score (nSPS) is 9.67. The van der Waals surface area contributed by atoms with Crippen molar-refractivity contribution in [1.29, 1.82) is 0 Å². The molecule has 1 aromatic rings. The van der Waals surface area contributed by atoms with E-state index in [0.717, 1.165) is 30.8 Å². The molecular weight excluding hydrogens is 228 g/mol. The summed E-state index contributed by atoms with van der Waals surface area (Å²) in [5.74, 6) is 6.23. The summed E-state index contributed by atoms with van der Waals surface area (Å²) in [6.07, 6.45) is 2.23. The van der Waals surface area contributed by atoms with E-state index < -0.39 is 0 Å². The SMILES string of the molecule is CCCCOCCOc1cccc(C#CCO)c1. The maximum atomic E-state index is 8.62. The molecule has 0 aliphatic heterocycles. The van der Waals surface area contributed by atoms with Gasteiger partial charge in [-0.05, 0) is 24.6 Å². The molecule has 18 heavy (non-hydrogen) atoms. The van der Waals surface area contributed by atoms with Crippen molar-refractivity contribution in [2.75, 3.05) is 26.4 Å². The first-order valence-corrected chi connectivity index (χ1v) is 6.27. The summed E-state index contributed by atoms with van der Waals surface area (Å²) in [4.78, 5) is 0. The molecule has 0 bridgehead atoms. The Morgan fingerprint density at radius 3 is 2.89 bits per heavy atom. The summed E-state index contributed by atoms with van der Waals surface area (Å²) in [5, 5.41) is 8.62. The molecule has 0 aromatic heterocycles. The molecule has 0 saturated carbocycles. The number of ether oxygens (including phenoxy) is 2. The van der Waals surface area contributed by atoms with Gasteiger partial charge in [0, 0.05) is 12.2 Å². The maximum Gasteiger partial charge on any atom is 0.120 e. The van der Waals surface area contributed by atoms with Crippen LogP contribution in [0.1, 0.15) is 25.3 Å². The van der Waals surface area contributed by atoms with Crippen LogP contribution in [0.2, 0.25) is 0 Å². The highest BCUT2D eigenvalue weighted by Gasteiger charge is 1.95. The van der Waals surface area contributed by atoms with Crippen LogP contribution < -0.4 is 4.74 Å². The van der Waals surface area contributed by atoms with Crippen molar-refractivity contribution in [3.8, 4) is 17.6 Å². The van der Waals surface area contributed by atoms with Crippen LogP contribution in [0.15, 0.2) is 24.3 Å². The van der Waals surface area contributed by atoms with Crippen LogP contribution in [0, 0.1) is 11.8 Å². The van der Waals surface area contributed by atoms with Gasteiger partial charge in [0.2, 0.25) is 0 Å². The molecule has 98 valence electrons. The first-order valence-electron chi connectivity index (χ1n) is 6.27. The fourth-order valence-electron chi connectivity index (χ4n) is 1.37. The first kappa shape index (κ1) is 14.6. The predicted octanol–water partition coefficient (Wildman–Crippen LogP) is 2.23. The predicted molar refractivity (Wildman–Crippen MR) is 71.6 cm³/mol. The lowest BCUT2D eigenvalue weighted by molar-refractivity contribution is 0.0980. The van der Waals surface area contributed by atoms with E-state index >= 15 is 0 Å². The van der Waals surface area contributed by atoms with Gasteiger partial charge in [-0.2, -0.15) is 0 Å². The summed E-state index contributed by atoms with van der Waals surface area (Å²) in [7, 11) is 0. The molecule has 1 aromatic carbocycles. The molecule has 0 radical (unpaired) electrons. The second-order valence-electron chi connectivity index (χ2n) is 3.80. The topological polar surface area (TPSA) is 38.7 Å².